The minimum Gasteiger partial charge on any atom is -0.496 e. The Hall–Kier alpha value is -1.71. The summed E-state index contributed by atoms with van der Waals surface area (Å²) in [5, 5.41) is 0.426. The van der Waals surface area contributed by atoms with Crippen LogP contribution in [-0.4, -0.2) is 52.6 Å². The molecule has 7 nitrogen and oxygen atoms in total. The molecule has 156 valence electrons. The number of hydrogen-bond acceptors (Lipinski definition) is 5. The highest BCUT2D eigenvalue weighted by Crippen LogP contribution is 2.34. The topological polar surface area (TPSA) is 84.9 Å². The van der Waals surface area contributed by atoms with Crippen LogP contribution >= 0.6 is 34.8 Å². The molecule has 0 saturated carbocycles. The number of rotatable bonds is 5. The molecule has 0 aliphatic carbocycles. The smallest absolute Gasteiger partial charge is 0.261 e. The van der Waals surface area contributed by atoms with Crippen LogP contribution in [0.5, 0.6) is 5.75 Å². The third kappa shape index (κ3) is 4.90. The number of amides is 1. The summed E-state index contributed by atoms with van der Waals surface area (Å²) in [5.41, 5.74) is 0.204. The maximum atomic E-state index is 12.9. The molecule has 1 fully saturated rings. The number of carbonyl (C=O) groups excluding carboxylic acids is 1. The van der Waals surface area contributed by atoms with Gasteiger partial charge in [-0.2, -0.15) is 0 Å². The van der Waals surface area contributed by atoms with Crippen molar-refractivity contribution in [3.63, 3.8) is 0 Å². The molecular formula is C18H17Cl3N2O5S. The molecule has 3 rings (SSSR count). The summed E-state index contributed by atoms with van der Waals surface area (Å²) in [6, 6.07) is 6.68. The van der Waals surface area contributed by atoms with Crippen molar-refractivity contribution < 1.29 is 22.7 Å². The van der Waals surface area contributed by atoms with Gasteiger partial charge in [0, 0.05) is 13.1 Å². The van der Waals surface area contributed by atoms with Crippen LogP contribution in [0.2, 0.25) is 15.1 Å². The van der Waals surface area contributed by atoms with Gasteiger partial charge in [0.1, 0.15) is 5.75 Å². The third-order valence-corrected chi connectivity index (χ3v) is 6.66. The lowest BCUT2D eigenvalue weighted by Crippen LogP contribution is -2.40. The summed E-state index contributed by atoms with van der Waals surface area (Å²) in [6.07, 6.45) is 0. The van der Waals surface area contributed by atoms with Crippen LogP contribution in [0.4, 0.5) is 5.69 Å². The number of anilines is 1. The first-order valence-electron chi connectivity index (χ1n) is 8.45. The van der Waals surface area contributed by atoms with E-state index >= 15 is 0 Å². The largest absolute Gasteiger partial charge is 0.496 e. The van der Waals surface area contributed by atoms with Gasteiger partial charge >= 0.3 is 0 Å². The van der Waals surface area contributed by atoms with Crippen molar-refractivity contribution in [2.24, 2.45) is 0 Å². The predicted octanol–water partition coefficient (Wildman–Crippen LogP) is 3.93. The number of halogens is 3. The Bertz CT molecular complexity index is 1040. The van der Waals surface area contributed by atoms with Crippen molar-refractivity contribution in [3.8, 4) is 5.75 Å². The minimum absolute atomic E-state index is 0.0675. The van der Waals surface area contributed by atoms with Gasteiger partial charge in [0.2, 0.25) is 0 Å². The lowest BCUT2D eigenvalue weighted by Gasteiger charge is -2.27. The molecule has 0 unspecified atom stereocenters. The van der Waals surface area contributed by atoms with Crippen molar-refractivity contribution in [1.82, 2.24) is 4.90 Å². The Morgan fingerprint density at radius 1 is 1.07 bits per heavy atom. The molecule has 1 aliphatic rings. The minimum atomic E-state index is -4.06. The number of carbonyl (C=O) groups is 1. The van der Waals surface area contributed by atoms with Gasteiger partial charge in [0.15, 0.2) is 0 Å². The van der Waals surface area contributed by atoms with Gasteiger partial charge in [0.25, 0.3) is 15.9 Å². The van der Waals surface area contributed by atoms with E-state index in [0.717, 1.165) is 0 Å². The highest BCUT2D eigenvalue weighted by Gasteiger charge is 2.25. The predicted molar refractivity (Wildman–Crippen MR) is 112 cm³/mol. The second-order valence-electron chi connectivity index (χ2n) is 6.12. The summed E-state index contributed by atoms with van der Waals surface area (Å²) >= 11 is 17.9. The van der Waals surface area contributed by atoms with Crippen molar-refractivity contribution in [2.75, 3.05) is 38.1 Å². The summed E-state index contributed by atoms with van der Waals surface area (Å²) < 4.78 is 38.6. The molecule has 11 heteroatoms. The number of nitrogens with zero attached hydrogens (tertiary/aromatic N) is 1. The Balaban J connectivity index is 1.95. The molecule has 0 spiro atoms. The molecule has 1 heterocycles. The number of nitrogens with one attached hydrogen (secondary N) is 1. The van der Waals surface area contributed by atoms with Gasteiger partial charge in [0.05, 0.1) is 51.5 Å². The maximum Gasteiger partial charge on any atom is 0.261 e. The van der Waals surface area contributed by atoms with Crippen LogP contribution in [0, 0.1) is 0 Å². The standard InChI is InChI=1S/C18H17Cl3N2O5S/c1-27-17-3-2-11(8-12(17)18(24)23-4-6-28-7-5-23)29(25,26)22-16-10-14(20)13(19)9-15(16)21/h2-3,8-10,22H,4-7H2,1H3. The van der Waals surface area contributed by atoms with Crippen LogP contribution in [0.15, 0.2) is 35.2 Å². The molecule has 0 aromatic heterocycles. The number of morpholine rings is 1. The van der Waals surface area contributed by atoms with Gasteiger partial charge in [-0.1, -0.05) is 34.8 Å². The number of sulfonamides is 1. The molecule has 1 saturated heterocycles. The average molecular weight is 480 g/mol. The summed E-state index contributed by atoms with van der Waals surface area (Å²) in [6.45, 7) is 1.67. The Labute approximate surface area is 183 Å². The highest BCUT2D eigenvalue weighted by molar-refractivity contribution is 7.92. The number of hydrogen-bond donors (Lipinski definition) is 1. The Morgan fingerprint density at radius 2 is 1.72 bits per heavy atom. The lowest BCUT2D eigenvalue weighted by molar-refractivity contribution is 0.0300. The van der Waals surface area contributed by atoms with Crippen molar-refractivity contribution in [3.05, 3.63) is 51.0 Å². The molecule has 0 bridgehead atoms. The molecule has 1 N–H and O–H groups in total. The first-order chi connectivity index (χ1) is 13.7. The van der Waals surface area contributed by atoms with E-state index in [1.165, 1.54) is 37.4 Å². The molecule has 0 radical (unpaired) electrons. The third-order valence-electron chi connectivity index (χ3n) is 4.26. The van der Waals surface area contributed by atoms with Gasteiger partial charge in [-0.3, -0.25) is 9.52 Å². The van der Waals surface area contributed by atoms with Crippen LogP contribution in [-0.2, 0) is 14.8 Å². The van der Waals surface area contributed by atoms with E-state index in [9.17, 15) is 13.2 Å². The summed E-state index contributed by atoms with van der Waals surface area (Å²) in [5.74, 6) is -0.0669. The van der Waals surface area contributed by atoms with E-state index in [1.807, 2.05) is 0 Å². The molecule has 1 amide bonds. The van der Waals surface area contributed by atoms with Crippen LogP contribution in [0.25, 0.3) is 0 Å². The summed E-state index contributed by atoms with van der Waals surface area (Å²) in [4.78, 5) is 14.3. The van der Waals surface area contributed by atoms with Crippen molar-refractivity contribution in [2.45, 2.75) is 4.90 Å². The number of methoxy groups -OCH3 is 1. The van der Waals surface area contributed by atoms with Gasteiger partial charge in [-0.05, 0) is 30.3 Å². The zero-order valence-electron chi connectivity index (χ0n) is 15.2. The normalized spacial score (nSPS) is 14.6. The van der Waals surface area contributed by atoms with E-state index < -0.39 is 10.0 Å². The van der Waals surface area contributed by atoms with Crippen molar-refractivity contribution in [1.29, 1.82) is 0 Å². The number of benzene rings is 2. The fraction of sp³-hybridized carbons (Fsp3) is 0.278. The van der Waals surface area contributed by atoms with E-state index in [0.29, 0.717) is 26.3 Å². The fourth-order valence-electron chi connectivity index (χ4n) is 2.76. The first-order valence-corrected chi connectivity index (χ1v) is 11.1. The van der Waals surface area contributed by atoms with E-state index in [2.05, 4.69) is 4.72 Å². The second-order valence-corrected chi connectivity index (χ2v) is 9.02. The van der Waals surface area contributed by atoms with Gasteiger partial charge in [-0.15, -0.1) is 0 Å². The van der Waals surface area contributed by atoms with Crippen molar-refractivity contribution >= 4 is 56.4 Å². The Morgan fingerprint density at radius 3 is 2.38 bits per heavy atom. The monoisotopic (exact) mass is 478 g/mol. The van der Waals surface area contributed by atoms with Crippen LogP contribution in [0.3, 0.4) is 0 Å². The lowest BCUT2D eigenvalue weighted by atomic mass is 10.1. The molecule has 1 aliphatic heterocycles. The van der Waals surface area contributed by atoms with E-state index in [-0.39, 0.29) is 42.9 Å². The van der Waals surface area contributed by atoms with Crippen LogP contribution < -0.4 is 9.46 Å². The fourth-order valence-corrected chi connectivity index (χ4v) is 4.51. The molecule has 2 aromatic carbocycles. The molecular weight excluding hydrogens is 463 g/mol. The van der Waals surface area contributed by atoms with Crippen LogP contribution in [0.1, 0.15) is 10.4 Å². The zero-order valence-corrected chi connectivity index (χ0v) is 18.3. The number of ether oxygens (including phenoxy) is 2. The first kappa shape index (κ1) is 22.0. The molecule has 29 heavy (non-hydrogen) atoms. The maximum absolute atomic E-state index is 12.9. The zero-order chi connectivity index (χ0) is 21.2. The molecule has 2 aromatic rings. The highest BCUT2D eigenvalue weighted by atomic mass is 35.5. The van der Waals surface area contributed by atoms with E-state index in [1.54, 1.807) is 4.90 Å². The summed E-state index contributed by atoms with van der Waals surface area (Å²) in [7, 11) is -2.65. The van der Waals surface area contributed by atoms with Gasteiger partial charge in [-0.25, -0.2) is 8.42 Å². The Kier molecular flexibility index (Phi) is 6.80. The average Bonchev–Trinajstić information content (AvgIpc) is 2.71. The van der Waals surface area contributed by atoms with Gasteiger partial charge < -0.3 is 14.4 Å². The second kappa shape index (κ2) is 8.97. The SMILES string of the molecule is COc1ccc(S(=O)(=O)Nc2cc(Cl)c(Cl)cc2Cl)cc1C(=O)N1CCOCC1. The van der Waals surface area contributed by atoms with E-state index in [4.69, 9.17) is 44.3 Å². The molecule has 0 atom stereocenters. The quantitative estimate of drug-likeness (QED) is 0.657.